The SMILES string of the molecule is Cc1ccc(N=C=O)cc1N=C=O.[CH2]CN=C=O. The van der Waals surface area contributed by atoms with Gasteiger partial charge in [0.05, 0.1) is 17.9 Å². The predicted molar refractivity (Wildman–Crippen MR) is 65.1 cm³/mol. The fourth-order valence-electron chi connectivity index (χ4n) is 0.935. The smallest absolute Gasteiger partial charge is 0.211 e. The lowest BCUT2D eigenvalue weighted by Crippen LogP contribution is -1.73. The number of aliphatic imine (C=N–C) groups is 3. The number of benzene rings is 1. The quantitative estimate of drug-likeness (QED) is 0.602. The summed E-state index contributed by atoms with van der Waals surface area (Å²) in [6.07, 6.45) is 4.17. The van der Waals surface area contributed by atoms with Crippen LogP contribution in [0.15, 0.2) is 33.2 Å². The molecule has 91 valence electrons. The van der Waals surface area contributed by atoms with Crippen LogP contribution in [0.3, 0.4) is 0 Å². The number of aryl methyl sites for hydroxylation is 1. The maximum absolute atomic E-state index is 10.00. The molecule has 0 aliphatic rings. The van der Waals surface area contributed by atoms with Gasteiger partial charge in [-0.1, -0.05) is 6.07 Å². The average Bonchev–Trinajstić information content (AvgIpc) is 2.36. The Balaban J connectivity index is 0.000000494. The largest absolute Gasteiger partial charge is 0.240 e. The second-order valence-corrected chi connectivity index (χ2v) is 2.85. The van der Waals surface area contributed by atoms with Gasteiger partial charge in [0.1, 0.15) is 0 Å². The summed E-state index contributed by atoms with van der Waals surface area (Å²) in [5.41, 5.74) is 1.72. The Morgan fingerprint density at radius 3 is 2.22 bits per heavy atom. The molecule has 0 amide bonds. The molecule has 1 aromatic carbocycles. The van der Waals surface area contributed by atoms with Crippen molar-refractivity contribution in [3.8, 4) is 0 Å². The first-order chi connectivity index (χ1) is 8.69. The summed E-state index contributed by atoms with van der Waals surface area (Å²) in [4.78, 5) is 38.9. The minimum Gasteiger partial charge on any atom is -0.211 e. The fourth-order valence-corrected chi connectivity index (χ4v) is 0.935. The van der Waals surface area contributed by atoms with Gasteiger partial charge in [-0.3, -0.25) is 0 Å². The highest BCUT2D eigenvalue weighted by Gasteiger charge is 1.97. The Labute approximate surface area is 104 Å². The van der Waals surface area contributed by atoms with Gasteiger partial charge in [-0.15, -0.1) is 0 Å². The van der Waals surface area contributed by atoms with Crippen molar-refractivity contribution in [2.24, 2.45) is 15.0 Å². The van der Waals surface area contributed by atoms with Gasteiger partial charge in [-0.2, -0.15) is 9.98 Å². The molecule has 0 heterocycles. The number of carbonyl (C=O) groups excluding carboxylic acids is 3. The minimum atomic E-state index is 0.295. The van der Waals surface area contributed by atoms with Crippen LogP contribution in [0.1, 0.15) is 5.56 Å². The molecule has 0 bridgehead atoms. The molecule has 0 N–H and O–H groups in total. The first-order valence-electron chi connectivity index (χ1n) is 4.78. The van der Waals surface area contributed by atoms with E-state index in [1.807, 2.05) is 0 Å². The van der Waals surface area contributed by atoms with Crippen LogP contribution in [-0.2, 0) is 14.4 Å². The summed E-state index contributed by atoms with van der Waals surface area (Å²) in [6.45, 7) is 5.34. The Morgan fingerprint density at radius 2 is 1.78 bits per heavy atom. The summed E-state index contributed by atoms with van der Waals surface area (Å²) in [5, 5.41) is 0. The molecule has 0 unspecified atom stereocenters. The van der Waals surface area contributed by atoms with Crippen molar-refractivity contribution in [2.45, 2.75) is 6.92 Å². The molecule has 0 aliphatic heterocycles. The summed E-state index contributed by atoms with van der Waals surface area (Å²) in [6, 6.07) is 4.88. The van der Waals surface area contributed by atoms with Crippen LogP contribution >= 0.6 is 0 Å². The van der Waals surface area contributed by atoms with E-state index in [1.165, 1.54) is 24.3 Å². The summed E-state index contributed by atoms with van der Waals surface area (Å²) < 4.78 is 0. The van der Waals surface area contributed by atoms with E-state index in [2.05, 4.69) is 21.9 Å². The predicted octanol–water partition coefficient (Wildman–Crippen LogP) is 2.09. The number of nitrogens with zero attached hydrogens (tertiary/aromatic N) is 3. The summed E-state index contributed by atoms with van der Waals surface area (Å²) >= 11 is 0. The number of hydrogen-bond donors (Lipinski definition) is 0. The molecule has 1 aromatic rings. The van der Waals surface area contributed by atoms with E-state index in [1.54, 1.807) is 19.1 Å². The van der Waals surface area contributed by atoms with Crippen LogP contribution < -0.4 is 0 Å². The van der Waals surface area contributed by atoms with E-state index in [0.29, 0.717) is 17.9 Å². The van der Waals surface area contributed by atoms with Gasteiger partial charge in [0.2, 0.25) is 18.2 Å². The van der Waals surface area contributed by atoms with Gasteiger partial charge < -0.3 is 0 Å². The standard InChI is InChI=1S/C9H6N2O2.C3H4NO/c1-7-2-3-8(10-5-12)4-9(7)11-6-13;1-2-4-3-5/h2-4H,1H3;1-2H2. The molecule has 18 heavy (non-hydrogen) atoms. The van der Waals surface area contributed by atoms with Gasteiger partial charge in [0.25, 0.3) is 0 Å². The second kappa shape index (κ2) is 9.58. The fraction of sp³-hybridized carbons (Fsp3) is 0.167. The van der Waals surface area contributed by atoms with Crippen LogP contribution in [0, 0.1) is 13.8 Å². The van der Waals surface area contributed by atoms with Crippen LogP contribution in [0.4, 0.5) is 11.4 Å². The summed E-state index contributed by atoms with van der Waals surface area (Å²) in [5.74, 6) is 0. The van der Waals surface area contributed by atoms with Gasteiger partial charge in [0.15, 0.2) is 0 Å². The molecule has 0 atom stereocenters. The normalized spacial score (nSPS) is 7.67. The molecule has 6 heteroatoms. The van der Waals surface area contributed by atoms with Crippen molar-refractivity contribution in [3.63, 3.8) is 0 Å². The van der Waals surface area contributed by atoms with Crippen molar-refractivity contribution >= 4 is 29.6 Å². The topological polar surface area (TPSA) is 88.3 Å². The second-order valence-electron chi connectivity index (χ2n) is 2.85. The highest BCUT2D eigenvalue weighted by molar-refractivity contribution is 5.61. The minimum absolute atomic E-state index is 0.295. The number of isocyanates is 3. The van der Waals surface area contributed by atoms with Crippen molar-refractivity contribution in [1.29, 1.82) is 0 Å². The van der Waals surface area contributed by atoms with E-state index in [0.717, 1.165) is 5.56 Å². The molecule has 1 rings (SSSR count). The monoisotopic (exact) mass is 244 g/mol. The lowest BCUT2D eigenvalue weighted by Gasteiger charge is -1.97. The Bertz CT molecular complexity index is 535. The zero-order valence-electron chi connectivity index (χ0n) is 9.71. The lowest BCUT2D eigenvalue weighted by atomic mass is 10.2. The maximum atomic E-state index is 10.00. The van der Waals surface area contributed by atoms with E-state index in [9.17, 15) is 9.59 Å². The van der Waals surface area contributed by atoms with Crippen molar-refractivity contribution in [3.05, 3.63) is 30.7 Å². The van der Waals surface area contributed by atoms with E-state index in [-0.39, 0.29) is 0 Å². The Morgan fingerprint density at radius 1 is 1.11 bits per heavy atom. The first-order valence-corrected chi connectivity index (χ1v) is 4.78. The number of hydrogen-bond acceptors (Lipinski definition) is 6. The first kappa shape index (κ1) is 15.4. The number of rotatable bonds is 3. The third-order valence-corrected chi connectivity index (χ3v) is 1.71. The summed E-state index contributed by atoms with van der Waals surface area (Å²) in [7, 11) is 0. The molecule has 0 fully saturated rings. The third kappa shape index (κ3) is 6.05. The van der Waals surface area contributed by atoms with Gasteiger partial charge >= 0.3 is 0 Å². The van der Waals surface area contributed by atoms with Crippen LogP contribution in [-0.4, -0.2) is 24.8 Å². The van der Waals surface area contributed by atoms with Crippen molar-refractivity contribution in [2.75, 3.05) is 6.54 Å². The molecule has 0 saturated heterocycles. The zero-order valence-corrected chi connectivity index (χ0v) is 9.71. The molecule has 0 saturated carbocycles. The van der Waals surface area contributed by atoms with E-state index in [4.69, 9.17) is 4.79 Å². The van der Waals surface area contributed by atoms with Gasteiger partial charge in [-0.05, 0) is 31.5 Å². The Kier molecular flexibility index (Phi) is 8.17. The van der Waals surface area contributed by atoms with Crippen molar-refractivity contribution in [1.82, 2.24) is 0 Å². The average molecular weight is 244 g/mol. The lowest BCUT2D eigenvalue weighted by molar-refractivity contribution is 0.563. The molecule has 1 radical (unpaired) electrons. The molecule has 6 nitrogen and oxygen atoms in total. The molecule has 0 spiro atoms. The highest BCUT2D eigenvalue weighted by Crippen LogP contribution is 2.23. The molecular formula is C12H10N3O3. The molecule has 0 aromatic heterocycles. The Hall–Kier alpha value is -2.64. The van der Waals surface area contributed by atoms with Crippen LogP contribution in [0.25, 0.3) is 0 Å². The van der Waals surface area contributed by atoms with Gasteiger partial charge in [0, 0.05) is 0 Å². The molecule has 0 aliphatic carbocycles. The van der Waals surface area contributed by atoms with Crippen LogP contribution in [0.5, 0.6) is 0 Å². The van der Waals surface area contributed by atoms with Gasteiger partial charge in [-0.25, -0.2) is 19.4 Å². The molecular weight excluding hydrogens is 234 g/mol. The highest BCUT2D eigenvalue weighted by atomic mass is 16.1. The van der Waals surface area contributed by atoms with E-state index >= 15 is 0 Å². The van der Waals surface area contributed by atoms with Crippen molar-refractivity contribution < 1.29 is 14.4 Å². The van der Waals surface area contributed by atoms with E-state index < -0.39 is 0 Å². The zero-order chi connectivity index (χ0) is 13.8. The third-order valence-electron chi connectivity index (χ3n) is 1.71. The van der Waals surface area contributed by atoms with Crippen LogP contribution in [0.2, 0.25) is 0 Å². The maximum Gasteiger partial charge on any atom is 0.240 e.